The van der Waals surface area contributed by atoms with Crippen LogP contribution < -0.4 is 15.0 Å². The summed E-state index contributed by atoms with van der Waals surface area (Å²) >= 11 is 0. The molecule has 3 amide bonds. The van der Waals surface area contributed by atoms with Gasteiger partial charge in [-0.25, -0.2) is 9.69 Å². The molecule has 152 valence electrons. The average Bonchev–Trinajstić information content (AvgIpc) is 3.24. The Bertz CT molecular complexity index is 725. The van der Waals surface area contributed by atoms with E-state index >= 15 is 0 Å². The third-order valence-corrected chi connectivity index (χ3v) is 6.81. The van der Waals surface area contributed by atoms with Crippen molar-refractivity contribution >= 4 is 11.9 Å². The van der Waals surface area contributed by atoms with Gasteiger partial charge in [0.2, 0.25) is 0 Å². The highest BCUT2D eigenvalue weighted by atomic mass is 16.5. The van der Waals surface area contributed by atoms with E-state index in [4.69, 9.17) is 4.74 Å². The molecule has 1 unspecified atom stereocenters. The van der Waals surface area contributed by atoms with Gasteiger partial charge in [-0.1, -0.05) is 6.92 Å². The number of nitrogens with zero attached hydrogens (tertiary/aromatic N) is 1. The molecule has 2 atom stereocenters. The van der Waals surface area contributed by atoms with Gasteiger partial charge < -0.3 is 15.0 Å². The smallest absolute Gasteiger partial charge is 0.329 e. The average molecular weight is 387 g/mol. The van der Waals surface area contributed by atoms with E-state index in [-0.39, 0.29) is 11.9 Å². The molecule has 0 radical (unpaired) electrons. The lowest BCUT2D eigenvalue weighted by atomic mass is 9.77. The van der Waals surface area contributed by atoms with Crippen LogP contribution in [-0.2, 0) is 4.79 Å². The molecule has 1 aliphatic carbocycles. The lowest BCUT2D eigenvalue weighted by molar-refractivity contribution is -0.925. The van der Waals surface area contributed by atoms with Crippen LogP contribution in [0.2, 0.25) is 0 Å². The van der Waals surface area contributed by atoms with Gasteiger partial charge in [0.25, 0.3) is 5.91 Å². The Kier molecular flexibility index (Phi) is 5.32. The first kappa shape index (κ1) is 19.2. The van der Waals surface area contributed by atoms with E-state index in [0.29, 0.717) is 25.2 Å². The topological polar surface area (TPSA) is 63.1 Å². The van der Waals surface area contributed by atoms with E-state index in [9.17, 15) is 9.59 Å². The third kappa shape index (κ3) is 3.50. The van der Waals surface area contributed by atoms with Crippen molar-refractivity contribution in [3.05, 3.63) is 29.8 Å². The lowest BCUT2D eigenvalue weighted by Gasteiger charge is -2.33. The lowest BCUT2D eigenvalue weighted by Crippen LogP contribution is -3.12. The Balaban J connectivity index is 1.45. The molecule has 3 fully saturated rings. The number of hydrogen-bond acceptors (Lipinski definition) is 3. The zero-order valence-corrected chi connectivity index (χ0v) is 17.0. The highest BCUT2D eigenvalue weighted by molar-refractivity contribution is 6.06. The Morgan fingerprint density at radius 2 is 1.89 bits per heavy atom. The molecule has 1 saturated carbocycles. The Morgan fingerprint density at radius 3 is 2.57 bits per heavy atom. The molecule has 0 bridgehead atoms. The van der Waals surface area contributed by atoms with Crippen molar-refractivity contribution in [2.24, 2.45) is 5.92 Å². The van der Waals surface area contributed by atoms with Crippen molar-refractivity contribution in [3.63, 3.8) is 0 Å². The summed E-state index contributed by atoms with van der Waals surface area (Å²) in [5.74, 6) is 1.51. The second-order valence-electron chi connectivity index (χ2n) is 8.69. The van der Waals surface area contributed by atoms with E-state index in [1.54, 1.807) is 0 Å². The van der Waals surface area contributed by atoms with E-state index in [0.717, 1.165) is 50.8 Å². The summed E-state index contributed by atoms with van der Waals surface area (Å²) in [5, 5.41) is 3.05. The normalized spacial score (nSPS) is 32.8. The molecule has 3 aliphatic rings. The Morgan fingerprint density at radius 1 is 1.18 bits per heavy atom. The second kappa shape index (κ2) is 7.74. The number of rotatable bonds is 5. The van der Waals surface area contributed by atoms with Crippen molar-refractivity contribution in [2.45, 2.75) is 64.0 Å². The van der Waals surface area contributed by atoms with E-state index in [1.807, 2.05) is 19.1 Å². The van der Waals surface area contributed by atoms with Gasteiger partial charge in [0.05, 0.1) is 13.2 Å². The maximum absolute atomic E-state index is 13.2. The number of likely N-dealkylation sites (tertiary alicyclic amines) is 1. The molecule has 2 N–H and O–H groups in total. The minimum atomic E-state index is -0.641. The van der Waals surface area contributed by atoms with Crippen molar-refractivity contribution < 1.29 is 19.2 Å². The SMILES string of the molecule is CCOc1ccc([C@@H]2CCC[NH+]2CN2C(=O)NC3(CCC(C)CC3)C2=O)cc1. The van der Waals surface area contributed by atoms with Crippen LogP contribution in [0, 0.1) is 5.92 Å². The van der Waals surface area contributed by atoms with Gasteiger partial charge in [-0.05, 0) is 62.8 Å². The summed E-state index contributed by atoms with van der Waals surface area (Å²) in [7, 11) is 0. The molecular formula is C22H32N3O3+. The van der Waals surface area contributed by atoms with E-state index in [1.165, 1.54) is 15.4 Å². The van der Waals surface area contributed by atoms with Crippen LogP contribution >= 0.6 is 0 Å². The number of hydrogen-bond donors (Lipinski definition) is 2. The van der Waals surface area contributed by atoms with Crippen molar-refractivity contribution in [1.82, 2.24) is 10.2 Å². The van der Waals surface area contributed by atoms with Crippen LogP contribution in [0.25, 0.3) is 0 Å². The van der Waals surface area contributed by atoms with Gasteiger partial charge in [-0.15, -0.1) is 0 Å². The fraction of sp³-hybridized carbons (Fsp3) is 0.636. The van der Waals surface area contributed by atoms with Crippen LogP contribution in [0.3, 0.4) is 0 Å². The molecule has 1 aromatic rings. The zero-order valence-electron chi connectivity index (χ0n) is 17.0. The molecule has 28 heavy (non-hydrogen) atoms. The highest BCUT2D eigenvalue weighted by Crippen LogP contribution is 2.36. The van der Waals surface area contributed by atoms with Gasteiger partial charge in [-0.2, -0.15) is 0 Å². The summed E-state index contributed by atoms with van der Waals surface area (Å²) in [6, 6.07) is 8.39. The molecule has 1 aromatic carbocycles. The van der Waals surface area contributed by atoms with Gasteiger partial charge in [0, 0.05) is 18.4 Å². The predicted octanol–water partition coefficient (Wildman–Crippen LogP) is 2.26. The molecule has 6 nitrogen and oxygen atoms in total. The highest BCUT2D eigenvalue weighted by Gasteiger charge is 2.53. The molecule has 2 saturated heterocycles. The van der Waals surface area contributed by atoms with E-state index in [2.05, 4.69) is 24.4 Å². The van der Waals surface area contributed by atoms with Crippen molar-refractivity contribution in [2.75, 3.05) is 19.8 Å². The summed E-state index contributed by atoms with van der Waals surface area (Å²) < 4.78 is 5.54. The number of nitrogens with one attached hydrogen (secondary N) is 2. The fourth-order valence-electron chi connectivity index (χ4n) is 5.08. The number of amides is 3. The van der Waals surface area contributed by atoms with Gasteiger partial charge in [0.15, 0.2) is 6.67 Å². The van der Waals surface area contributed by atoms with Crippen molar-refractivity contribution in [3.8, 4) is 5.75 Å². The predicted molar refractivity (Wildman–Crippen MR) is 106 cm³/mol. The van der Waals surface area contributed by atoms with Crippen LogP contribution in [0.15, 0.2) is 24.3 Å². The maximum Gasteiger partial charge on any atom is 0.329 e. The Hall–Kier alpha value is -2.08. The monoisotopic (exact) mass is 386 g/mol. The minimum Gasteiger partial charge on any atom is -0.494 e. The number of urea groups is 1. The summed E-state index contributed by atoms with van der Waals surface area (Å²) in [5.41, 5.74) is 0.612. The molecule has 4 rings (SSSR count). The number of quaternary nitrogens is 1. The maximum atomic E-state index is 13.2. The van der Waals surface area contributed by atoms with Crippen LogP contribution in [0.5, 0.6) is 5.75 Å². The molecular weight excluding hydrogens is 354 g/mol. The first-order chi connectivity index (χ1) is 13.5. The first-order valence-electron chi connectivity index (χ1n) is 10.7. The molecule has 1 spiro atoms. The van der Waals surface area contributed by atoms with Gasteiger partial charge in [0.1, 0.15) is 17.3 Å². The summed E-state index contributed by atoms with van der Waals surface area (Å²) in [4.78, 5) is 28.6. The summed E-state index contributed by atoms with van der Waals surface area (Å²) in [6.45, 7) is 6.31. The summed E-state index contributed by atoms with van der Waals surface area (Å²) in [6.07, 6.45) is 5.74. The van der Waals surface area contributed by atoms with Gasteiger partial charge in [-0.3, -0.25) is 4.79 Å². The van der Waals surface area contributed by atoms with Gasteiger partial charge >= 0.3 is 6.03 Å². The van der Waals surface area contributed by atoms with Crippen molar-refractivity contribution in [1.29, 1.82) is 0 Å². The number of carbonyl (C=O) groups excluding carboxylic acids is 2. The van der Waals surface area contributed by atoms with E-state index < -0.39 is 5.54 Å². The molecule has 2 aliphatic heterocycles. The van der Waals surface area contributed by atoms with Crippen LogP contribution in [0.1, 0.15) is 64.0 Å². The number of carbonyl (C=O) groups is 2. The fourth-order valence-corrected chi connectivity index (χ4v) is 5.08. The third-order valence-electron chi connectivity index (χ3n) is 6.81. The molecule has 2 heterocycles. The number of ether oxygens (including phenoxy) is 1. The van der Waals surface area contributed by atoms with Crippen LogP contribution in [-0.4, -0.2) is 42.2 Å². The largest absolute Gasteiger partial charge is 0.494 e. The first-order valence-corrected chi connectivity index (χ1v) is 10.7. The second-order valence-corrected chi connectivity index (χ2v) is 8.69. The molecule has 6 heteroatoms. The standard InChI is InChI=1S/C22H31N3O3/c1-3-28-18-8-6-17(7-9-18)19-5-4-14-24(19)15-25-20(26)22(23-21(25)27)12-10-16(2)11-13-22/h6-9,16,19H,3-5,10-15H2,1-2H3,(H,23,27)/p+1/t16?,19-,22?/m0/s1. The van der Waals surface area contributed by atoms with Crippen LogP contribution in [0.4, 0.5) is 4.79 Å². The molecule has 0 aromatic heterocycles. The quantitative estimate of drug-likeness (QED) is 0.763. The number of benzene rings is 1. The zero-order chi connectivity index (χ0) is 19.7. The minimum absolute atomic E-state index is 0.00533. The number of imide groups is 1. The Labute approximate surface area is 167 Å².